The van der Waals surface area contributed by atoms with E-state index in [1.54, 1.807) is 31.2 Å². The lowest BCUT2D eigenvalue weighted by atomic mass is 9.92. The van der Waals surface area contributed by atoms with Crippen molar-refractivity contribution in [2.24, 2.45) is 0 Å². The predicted molar refractivity (Wildman–Crippen MR) is 93.7 cm³/mol. The largest absolute Gasteiger partial charge is 0.325 e. The van der Waals surface area contributed by atoms with Crippen LogP contribution in [-0.2, 0) is 16.9 Å². The summed E-state index contributed by atoms with van der Waals surface area (Å²) in [6, 6.07) is 12.5. The Hall–Kier alpha value is -2.74. The summed E-state index contributed by atoms with van der Waals surface area (Å²) < 4.78 is 0.797. The van der Waals surface area contributed by atoms with E-state index in [0.717, 1.165) is 9.37 Å². The first-order chi connectivity index (χ1) is 11.8. The van der Waals surface area contributed by atoms with Crippen LogP contribution in [0.2, 0.25) is 0 Å². The maximum Gasteiger partial charge on any atom is 0.325 e. The maximum atomic E-state index is 12.9. The Bertz CT molecular complexity index is 886. The van der Waals surface area contributed by atoms with Gasteiger partial charge in [-0.2, -0.15) is 0 Å². The number of imide groups is 1. The third kappa shape index (κ3) is 3.12. The normalized spacial score (nSPS) is 19.8. The van der Waals surface area contributed by atoms with Crippen molar-refractivity contribution < 1.29 is 14.5 Å². The molecule has 3 rings (SSSR count). The SMILES string of the molecule is C[C@]1(c2cccc(Br)c2)NC(=O)N(Cc2cccc([N+](=O)[O-])c2)C1=O. The molecule has 25 heavy (non-hydrogen) atoms. The van der Waals surface area contributed by atoms with Gasteiger partial charge in [0.05, 0.1) is 11.5 Å². The minimum atomic E-state index is -1.18. The highest BCUT2D eigenvalue weighted by Crippen LogP contribution is 2.31. The molecular formula is C17H14BrN3O4. The van der Waals surface area contributed by atoms with Gasteiger partial charge in [-0.25, -0.2) is 4.79 Å². The molecule has 1 N–H and O–H groups in total. The molecule has 2 aromatic carbocycles. The van der Waals surface area contributed by atoms with Gasteiger partial charge in [0.1, 0.15) is 5.54 Å². The van der Waals surface area contributed by atoms with Crippen molar-refractivity contribution in [1.82, 2.24) is 10.2 Å². The summed E-state index contributed by atoms with van der Waals surface area (Å²) in [5, 5.41) is 13.6. The van der Waals surface area contributed by atoms with Crippen LogP contribution >= 0.6 is 15.9 Å². The molecule has 0 saturated carbocycles. The fourth-order valence-electron chi connectivity index (χ4n) is 2.79. The second kappa shape index (κ2) is 6.29. The molecule has 0 unspecified atom stereocenters. The van der Waals surface area contributed by atoms with Gasteiger partial charge >= 0.3 is 6.03 Å². The number of non-ortho nitro benzene ring substituents is 1. The highest BCUT2D eigenvalue weighted by molar-refractivity contribution is 9.10. The molecule has 3 amide bonds. The Balaban J connectivity index is 1.89. The third-order valence-corrected chi connectivity index (χ3v) is 4.63. The molecule has 1 aliphatic heterocycles. The zero-order valence-corrected chi connectivity index (χ0v) is 14.8. The van der Waals surface area contributed by atoms with Gasteiger partial charge in [0.2, 0.25) is 0 Å². The molecule has 1 fully saturated rings. The Kier molecular flexibility index (Phi) is 4.30. The first-order valence-corrected chi connectivity index (χ1v) is 8.24. The van der Waals surface area contributed by atoms with Gasteiger partial charge in [0.25, 0.3) is 11.6 Å². The van der Waals surface area contributed by atoms with Crippen LogP contribution in [0.4, 0.5) is 10.5 Å². The van der Waals surface area contributed by atoms with Crippen LogP contribution in [0.15, 0.2) is 53.0 Å². The minimum Gasteiger partial charge on any atom is -0.319 e. The molecule has 8 heteroatoms. The first-order valence-electron chi connectivity index (χ1n) is 7.45. The molecule has 0 aromatic heterocycles. The van der Waals surface area contributed by atoms with Crippen LogP contribution in [0, 0.1) is 10.1 Å². The summed E-state index contributed by atoms with van der Waals surface area (Å²) in [4.78, 5) is 36.6. The second-order valence-corrected chi connectivity index (χ2v) is 6.80. The number of hydrogen-bond donors (Lipinski definition) is 1. The number of nitrogens with zero attached hydrogens (tertiary/aromatic N) is 2. The molecule has 128 valence electrons. The maximum absolute atomic E-state index is 12.9. The lowest BCUT2D eigenvalue weighted by Crippen LogP contribution is -2.40. The Labute approximate surface area is 151 Å². The van der Waals surface area contributed by atoms with Gasteiger partial charge in [-0.15, -0.1) is 0 Å². The number of rotatable bonds is 4. The number of carbonyl (C=O) groups excluding carboxylic acids is 2. The standard InChI is InChI=1S/C17H14BrN3O4/c1-17(12-5-3-6-13(18)9-12)15(22)20(16(23)19-17)10-11-4-2-7-14(8-11)21(24)25/h2-9H,10H2,1H3,(H,19,23)/t17-/m1/s1. The average Bonchev–Trinajstić information content (AvgIpc) is 2.79. The van der Waals surface area contributed by atoms with E-state index in [4.69, 9.17) is 0 Å². The minimum absolute atomic E-state index is 0.0318. The van der Waals surface area contributed by atoms with Crippen LogP contribution in [0.5, 0.6) is 0 Å². The average molecular weight is 404 g/mol. The molecule has 1 saturated heterocycles. The lowest BCUT2D eigenvalue weighted by Gasteiger charge is -2.22. The van der Waals surface area contributed by atoms with Gasteiger partial charge in [0, 0.05) is 16.6 Å². The van der Waals surface area contributed by atoms with E-state index in [2.05, 4.69) is 21.2 Å². The van der Waals surface area contributed by atoms with Gasteiger partial charge < -0.3 is 5.32 Å². The van der Waals surface area contributed by atoms with Gasteiger partial charge in [-0.05, 0) is 30.2 Å². The molecule has 1 aliphatic rings. The van der Waals surface area contributed by atoms with E-state index in [9.17, 15) is 19.7 Å². The van der Waals surface area contributed by atoms with Gasteiger partial charge in [-0.1, -0.05) is 40.2 Å². The molecule has 0 bridgehead atoms. The lowest BCUT2D eigenvalue weighted by molar-refractivity contribution is -0.384. The Morgan fingerprint density at radius 3 is 2.60 bits per heavy atom. The molecule has 7 nitrogen and oxygen atoms in total. The van der Waals surface area contributed by atoms with E-state index in [1.807, 2.05) is 6.07 Å². The van der Waals surface area contributed by atoms with E-state index < -0.39 is 22.4 Å². The second-order valence-electron chi connectivity index (χ2n) is 5.88. The Morgan fingerprint density at radius 1 is 1.20 bits per heavy atom. The highest BCUT2D eigenvalue weighted by atomic mass is 79.9. The number of nitrogens with one attached hydrogen (secondary N) is 1. The first kappa shape index (κ1) is 17.1. The van der Waals surface area contributed by atoms with Crippen molar-refractivity contribution in [2.75, 3.05) is 0 Å². The zero-order valence-electron chi connectivity index (χ0n) is 13.2. The zero-order chi connectivity index (χ0) is 18.2. The summed E-state index contributed by atoms with van der Waals surface area (Å²) in [7, 11) is 0. The topological polar surface area (TPSA) is 92.6 Å². The summed E-state index contributed by atoms with van der Waals surface area (Å²) >= 11 is 3.36. The van der Waals surface area contributed by atoms with Crippen molar-refractivity contribution in [3.63, 3.8) is 0 Å². The Morgan fingerprint density at radius 2 is 1.92 bits per heavy atom. The molecule has 0 radical (unpaired) electrons. The summed E-state index contributed by atoms with van der Waals surface area (Å²) in [5.41, 5.74) is -0.0982. The summed E-state index contributed by atoms with van der Waals surface area (Å²) in [5.74, 6) is -0.401. The number of carbonyl (C=O) groups is 2. The van der Waals surface area contributed by atoms with E-state index in [1.165, 1.54) is 18.2 Å². The number of nitro benzene ring substituents is 1. The third-order valence-electron chi connectivity index (χ3n) is 4.14. The van der Waals surface area contributed by atoms with Crippen LogP contribution in [0.3, 0.4) is 0 Å². The molecule has 1 heterocycles. The number of amides is 3. The van der Waals surface area contributed by atoms with E-state index in [-0.39, 0.29) is 12.2 Å². The molecule has 0 aliphatic carbocycles. The van der Waals surface area contributed by atoms with Crippen molar-refractivity contribution >= 4 is 33.6 Å². The fraction of sp³-hybridized carbons (Fsp3) is 0.176. The van der Waals surface area contributed by atoms with E-state index in [0.29, 0.717) is 11.1 Å². The molecular weight excluding hydrogens is 390 g/mol. The number of halogens is 1. The number of hydrogen-bond acceptors (Lipinski definition) is 4. The number of urea groups is 1. The quantitative estimate of drug-likeness (QED) is 0.481. The monoisotopic (exact) mass is 403 g/mol. The smallest absolute Gasteiger partial charge is 0.319 e. The summed E-state index contributed by atoms with van der Waals surface area (Å²) in [6.07, 6.45) is 0. The van der Waals surface area contributed by atoms with Crippen molar-refractivity contribution in [2.45, 2.75) is 19.0 Å². The van der Waals surface area contributed by atoms with Crippen LogP contribution < -0.4 is 5.32 Å². The summed E-state index contributed by atoms with van der Waals surface area (Å²) in [6.45, 7) is 1.61. The van der Waals surface area contributed by atoms with Crippen molar-refractivity contribution in [3.05, 3.63) is 74.2 Å². The van der Waals surface area contributed by atoms with Crippen LogP contribution in [-0.4, -0.2) is 21.8 Å². The van der Waals surface area contributed by atoms with E-state index >= 15 is 0 Å². The predicted octanol–water partition coefficient (Wildman–Crippen LogP) is 3.32. The molecule has 0 spiro atoms. The molecule has 1 atom stereocenters. The van der Waals surface area contributed by atoms with Crippen molar-refractivity contribution in [1.29, 1.82) is 0 Å². The van der Waals surface area contributed by atoms with Gasteiger partial charge in [0.15, 0.2) is 0 Å². The number of nitro groups is 1. The number of benzene rings is 2. The van der Waals surface area contributed by atoms with Crippen molar-refractivity contribution in [3.8, 4) is 0 Å². The van der Waals surface area contributed by atoms with Crippen LogP contribution in [0.25, 0.3) is 0 Å². The van der Waals surface area contributed by atoms with Gasteiger partial charge in [-0.3, -0.25) is 19.8 Å². The van der Waals surface area contributed by atoms with Crippen LogP contribution in [0.1, 0.15) is 18.1 Å². The fourth-order valence-corrected chi connectivity index (χ4v) is 3.19. The molecule has 2 aromatic rings. The highest BCUT2D eigenvalue weighted by Gasteiger charge is 2.48.